The van der Waals surface area contributed by atoms with E-state index in [4.69, 9.17) is 0 Å². The molecule has 0 saturated carbocycles. The van der Waals surface area contributed by atoms with Crippen LogP contribution in [0.2, 0.25) is 0 Å². The maximum atomic E-state index is 13.4. The van der Waals surface area contributed by atoms with E-state index in [1.165, 1.54) is 0 Å². The van der Waals surface area contributed by atoms with Gasteiger partial charge in [-0.15, -0.1) is 0 Å². The number of hydrogen-bond acceptors (Lipinski definition) is 0. The van der Waals surface area contributed by atoms with Crippen LogP contribution in [0.1, 0.15) is 0 Å². The number of rotatable bonds is 2. The van der Waals surface area contributed by atoms with Crippen molar-refractivity contribution in [1.29, 1.82) is 0 Å². The lowest BCUT2D eigenvalue weighted by molar-refractivity contribution is -0.609. The van der Waals surface area contributed by atoms with Crippen LogP contribution in [-0.2, 0) is 0 Å². The SMILES string of the molecule is Fc1cc(F)c([I+]c2c(F)cc(F)cc2F)c(F)c1. The summed E-state index contributed by atoms with van der Waals surface area (Å²) in [6, 6.07) is 1.71. The lowest BCUT2D eigenvalue weighted by Gasteiger charge is -1.96. The highest BCUT2D eigenvalue weighted by Crippen LogP contribution is 2.08. The zero-order valence-corrected chi connectivity index (χ0v) is 11.1. The molecule has 0 atom stereocenters. The average Bonchev–Trinajstić information content (AvgIpc) is 2.25. The molecule has 0 amide bonds. The molecule has 0 N–H and O–H groups in total. The Morgan fingerprint density at radius 1 is 0.526 bits per heavy atom. The normalized spacial score (nSPS) is 10.8. The molecule has 100 valence electrons. The summed E-state index contributed by atoms with van der Waals surface area (Å²) >= 11 is -1.92. The van der Waals surface area contributed by atoms with Crippen LogP contribution < -0.4 is 21.2 Å². The third-order valence-electron chi connectivity index (χ3n) is 2.09. The smallest absolute Gasteiger partial charge is 0.207 e. The second-order valence-electron chi connectivity index (χ2n) is 3.46. The maximum Gasteiger partial charge on any atom is 0.370 e. The van der Waals surface area contributed by atoms with Gasteiger partial charge < -0.3 is 0 Å². The Balaban J connectivity index is 2.48. The van der Waals surface area contributed by atoms with E-state index in [0.717, 1.165) is 0 Å². The van der Waals surface area contributed by atoms with Gasteiger partial charge in [-0.1, -0.05) is 0 Å². The maximum absolute atomic E-state index is 13.4. The molecule has 2 rings (SSSR count). The van der Waals surface area contributed by atoms with Gasteiger partial charge in [-0.3, -0.25) is 0 Å². The van der Waals surface area contributed by atoms with Crippen molar-refractivity contribution in [2.75, 3.05) is 0 Å². The Hall–Kier alpha value is -1.25. The summed E-state index contributed by atoms with van der Waals surface area (Å²) < 4.78 is 77.7. The van der Waals surface area contributed by atoms with Crippen molar-refractivity contribution in [3.05, 3.63) is 66.3 Å². The summed E-state index contributed by atoms with van der Waals surface area (Å²) in [7, 11) is 0. The quantitative estimate of drug-likeness (QED) is 0.307. The van der Waals surface area contributed by atoms with Crippen molar-refractivity contribution < 1.29 is 47.5 Å². The van der Waals surface area contributed by atoms with Crippen LogP contribution in [0.5, 0.6) is 0 Å². The van der Waals surface area contributed by atoms with Crippen LogP contribution in [-0.4, -0.2) is 0 Å². The van der Waals surface area contributed by atoms with Gasteiger partial charge in [0.2, 0.25) is 0 Å². The van der Waals surface area contributed by atoms with Crippen LogP contribution in [0.3, 0.4) is 0 Å². The van der Waals surface area contributed by atoms with Crippen molar-refractivity contribution in [3.8, 4) is 0 Å². The van der Waals surface area contributed by atoms with E-state index in [0.29, 0.717) is 24.3 Å². The zero-order valence-electron chi connectivity index (χ0n) is 8.96. The third-order valence-corrected chi connectivity index (χ3v) is 5.23. The van der Waals surface area contributed by atoms with Crippen LogP contribution in [0, 0.1) is 42.0 Å². The number of halogens is 7. The largest absolute Gasteiger partial charge is 0.370 e. The van der Waals surface area contributed by atoms with Crippen molar-refractivity contribution in [2.45, 2.75) is 0 Å². The molecule has 2 aromatic carbocycles. The fourth-order valence-corrected chi connectivity index (χ4v) is 3.52. The first kappa shape index (κ1) is 14.2. The summed E-state index contributed by atoms with van der Waals surface area (Å²) in [5, 5.41) is 0. The van der Waals surface area contributed by atoms with Gasteiger partial charge in [0.25, 0.3) is 7.14 Å². The molecule has 0 unspecified atom stereocenters. The van der Waals surface area contributed by atoms with Gasteiger partial charge in [0.1, 0.15) is 11.6 Å². The van der Waals surface area contributed by atoms with Gasteiger partial charge >= 0.3 is 21.2 Å². The predicted octanol–water partition coefficient (Wildman–Crippen LogP) is 0.650. The van der Waals surface area contributed by atoms with E-state index in [1.807, 2.05) is 0 Å². The van der Waals surface area contributed by atoms with Gasteiger partial charge in [-0.25, -0.2) is 26.3 Å². The summed E-state index contributed by atoms with van der Waals surface area (Å²) in [5.74, 6) is -7.10. The highest BCUT2D eigenvalue weighted by Gasteiger charge is 2.33. The summed E-state index contributed by atoms with van der Waals surface area (Å²) in [4.78, 5) is 0. The topological polar surface area (TPSA) is 0 Å². The van der Waals surface area contributed by atoms with Crippen LogP contribution in [0.4, 0.5) is 26.3 Å². The highest BCUT2D eigenvalue weighted by atomic mass is 127. The minimum atomic E-state index is -1.92. The highest BCUT2D eigenvalue weighted by molar-refractivity contribution is 5.10. The Bertz CT molecular complexity index is 539. The number of hydrogen-bond donors (Lipinski definition) is 0. The van der Waals surface area contributed by atoms with Crippen molar-refractivity contribution in [2.24, 2.45) is 0 Å². The molecule has 0 aliphatic heterocycles. The van der Waals surface area contributed by atoms with Crippen molar-refractivity contribution >= 4 is 0 Å². The molecule has 0 radical (unpaired) electrons. The molecular weight excluding hydrogens is 385 g/mol. The molecule has 0 heterocycles. The van der Waals surface area contributed by atoms with Crippen molar-refractivity contribution in [3.63, 3.8) is 0 Å². The summed E-state index contributed by atoms with van der Waals surface area (Å²) in [6.07, 6.45) is 0. The minimum absolute atomic E-state index is 0.428. The van der Waals surface area contributed by atoms with Gasteiger partial charge in [0.05, 0.1) is 0 Å². The minimum Gasteiger partial charge on any atom is -0.207 e. The first-order valence-electron chi connectivity index (χ1n) is 4.82. The third kappa shape index (κ3) is 3.02. The molecule has 0 aliphatic carbocycles. The lowest BCUT2D eigenvalue weighted by atomic mass is 10.3. The second-order valence-corrected chi connectivity index (χ2v) is 6.16. The molecule has 19 heavy (non-hydrogen) atoms. The molecule has 0 aliphatic rings. The molecule has 2 aromatic rings. The van der Waals surface area contributed by atoms with Crippen molar-refractivity contribution in [1.82, 2.24) is 0 Å². The fraction of sp³-hybridized carbons (Fsp3) is 0. The van der Waals surface area contributed by atoms with Crippen LogP contribution in [0.25, 0.3) is 0 Å². The molecule has 0 bridgehead atoms. The number of benzene rings is 2. The Morgan fingerprint density at radius 3 is 1.05 bits per heavy atom. The summed E-state index contributed by atoms with van der Waals surface area (Å²) in [5.41, 5.74) is 0. The standard InChI is InChI=1S/C12H4F6I/c13-5-1-7(15)11(8(16)2-5)19-12-9(17)3-6(14)4-10(12)18/h1-4H/q+1. The monoisotopic (exact) mass is 389 g/mol. The molecule has 0 nitrogen and oxygen atoms in total. The molecule has 0 aromatic heterocycles. The summed E-state index contributed by atoms with van der Waals surface area (Å²) in [6.45, 7) is 0. The molecule has 7 heteroatoms. The van der Waals surface area contributed by atoms with E-state index >= 15 is 0 Å². The molecular formula is C12H4F6I+. The Labute approximate surface area is 114 Å². The second kappa shape index (κ2) is 5.40. The van der Waals surface area contributed by atoms with E-state index in [-0.39, 0.29) is 0 Å². The van der Waals surface area contributed by atoms with Crippen LogP contribution >= 0.6 is 0 Å². The first-order valence-corrected chi connectivity index (χ1v) is 6.98. The van der Waals surface area contributed by atoms with E-state index in [1.54, 1.807) is 0 Å². The average molecular weight is 389 g/mol. The predicted molar refractivity (Wildman–Crippen MR) is 50.0 cm³/mol. The van der Waals surface area contributed by atoms with Gasteiger partial charge in [-0.05, 0) is 0 Å². The molecule has 0 spiro atoms. The first-order chi connectivity index (χ1) is 8.88. The van der Waals surface area contributed by atoms with Crippen LogP contribution in [0.15, 0.2) is 24.3 Å². The fourth-order valence-electron chi connectivity index (χ4n) is 1.32. The van der Waals surface area contributed by atoms with E-state index < -0.39 is 63.2 Å². The van der Waals surface area contributed by atoms with E-state index in [9.17, 15) is 26.3 Å². The van der Waals surface area contributed by atoms with Gasteiger partial charge in [-0.2, -0.15) is 0 Å². The molecule has 0 saturated heterocycles. The van der Waals surface area contributed by atoms with Gasteiger partial charge in [0.15, 0.2) is 23.3 Å². The zero-order chi connectivity index (χ0) is 14.2. The lowest BCUT2D eigenvalue weighted by Crippen LogP contribution is -3.62. The Kier molecular flexibility index (Phi) is 4.02. The van der Waals surface area contributed by atoms with Gasteiger partial charge in [0, 0.05) is 24.3 Å². The Morgan fingerprint density at radius 2 is 0.789 bits per heavy atom. The van der Waals surface area contributed by atoms with E-state index in [2.05, 4.69) is 0 Å². The molecule has 0 fully saturated rings.